The summed E-state index contributed by atoms with van der Waals surface area (Å²) in [7, 11) is 0.775. The Kier molecular flexibility index (Phi) is 6.23. The van der Waals surface area contributed by atoms with Crippen LogP contribution in [0.1, 0.15) is 39.5 Å². The second kappa shape index (κ2) is 7.02. The van der Waals surface area contributed by atoms with E-state index in [2.05, 4.69) is 10.0 Å². The molecule has 0 aromatic carbocycles. The van der Waals surface area contributed by atoms with E-state index in [1.54, 1.807) is 0 Å². The van der Waals surface area contributed by atoms with Crippen LogP contribution in [-0.4, -0.2) is 57.8 Å². The molecule has 1 fully saturated rings. The number of sulfonamides is 1. The highest BCUT2D eigenvalue weighted by Crippen LogP contribution is 2.18. The molecule has 1 aliphatic carbocycles. The van der Waals surface area contributed by atoms with Crippen molar-refractivity contribution in [1.82, 2.24) is 14.9 Å². The SMILES string of the molecule is CN(C)C(C)(C)CNS(=O)(=O)CCCCNC1CC1. The Morgan fingerprint density at radius 3 is 2.37 bits per heavy atom. The number of rotatable bonds is 10. The largest absolute Gasteiger partial charge is 0.314 e. The minimum Gasteiger partial charge on any atom is -0.314 e. The van der Waals surface area contributed by atoms with Gasteiger partial charge in [-0.3, -0.25) is 0 Å². The van der Waals surface area contributed by atoms with Crippen LogP contribution in [0.25, 0.3) is 0 Å². The summed E-state index contributed by atoms with van der Waals surface area (Å²) in [6.45, 7) is 5.43. The van der Waals surface area contributed by atoms with Gasteiger partial charge in [0.25, 0.3) is 0 Å². The maximum atomic E-state index is 11.9. The van der Waals surface area contributed by atoms with Crippen molar-refractivity contribution in [2.75, 3.05) is 32.9 Å². The van der Waals surface area contributed by atoms with Gasteiger partial charge in [-0.15, -0.1) is 0 Å². The summed E-state index contributed by atoms with van der Waals surface area (Å²) in [5.74, 6) is 0.225. The van der Waals surface area contributed by atoms with Crippen LogP contribution in [0.2, 0.25) is 0 Å². The van der Waals surface area contributed by atoms with E-state index in [4.69, 9.17) is 0 Å². The van der Waals surface area contributed by atoms with Gasteiger partial charge in [0.15, 0.2) is 0 Å². The molecule has 1 rings (SSSR count). The summed E-state index contributed by atoms with van der Waals surface area (Å²) >= 11 is 0. The zero-order chi connectivity index (χ0) is 14.5. The molecule has 0 aromatic rings. The number of hydrogen-bond acceptors (Lipinski definition) is 4. The molecule has 5 nitrogen and oxygen atoms in total. The zero-order valence-electron chi connectivity index (χ0n) is 12.7. The van der Waals surface area contributed by atoms with Gasteiger partial charge in [0.2, 0.25) is 10.0 Å². The highest BCUT2D eigenvalue weighted by atomic mass is 32.2. The fourth-order valence-electron chi connectivity index (χ4n) is 1.53. The fraction of sp³-hybridized carbons (Fsp3) is 1.00. The number of likely N-dealkylation sites (N-methyl/N-ethyl adjacent to an activating group) is 1. The van der Waals surface area contributed by atoms with E-state index in [0.29, 0.717) is 12.6 Å². The summed E-state index contributed by atoms with van der Waals surface area (Å²) in [6, 6.07) is 0.704. The predicted molar refractivity (Wildman–Crippen MR) is 79.8 cm³/mol. The van der Waals surface area contributed by atoms with Crippen LogP contribution >= 0.6 is 0 Å². The third-order valence-electron chi connectivity index (χ3n) is 3.79. The molecular weight excluding hydrogens is 262 g/mol. The summed E-state index contributed by atoms with van der Waals surface area (Å²) in [4.78, 5) is 2.02. The molecule has 0 atom stereocenters. The molecule has 2 N–H and O–H groups in total. The van der Waals surface area contributed by atoms with Crippen molar-refractivity contribution >= 4 is 10.0 Å². The molecule has 0 bridgehead atoms. The van der Waals surface area contributed by atoms with E-state index in [-0.39, 0.29) is 11.3 Å². The maximum absolute atomic E-state index is 11.9. The van der Waals surface area contributed by atoms with Crippen molar-refractivity contribution < 1.29 is 8.42 Å². The van der Waals surface area contributed by atoms with Crippen LogP contribution in [0.3, 0.4) is 0 Å². The molecule has 114 valence electrons. The van der Waals surface area contributed by atoms with Gasteiger partial charge in [0.05, 0.1) is 5.75 Å². The van der Waals surface area contributed by atoms with Crippen LogP contribution in [0.5, 0.6) is 0 Å². The number of nitrogens with zero attached hydrogens (tertiary/aromatic N) is 1. The lowest BCUT2D eigenvalue weighted by atomic mass is 10.1. The molecule has 0 unspecified atom stereocenters. The van der Waals surface area contributed by atoms with Crippen molar-refractivity contribution in [3.05, 3.63) is 0 Å². The highest BCUT2D eigenvalue weighted by Gasteiger charge is 2.23. The lowest BCUT2D eigenvalue weighted by Gasteiger charge is -2.32. The Hall–Kier alpha value is -0.170. The first-order valence-corrected chi connectivity index (χ1v) is 8.76. The monoisotopic (exact) mass is 291 g/mol. The molecular formula is C13H29N3O2S. The predicted octanol–water partition coefficient (Wildman–Crippen LogP) is 0.778. The lowest BCUT2D eigenvalue weighted by Crippen LogP contribution is -2.48. The minimum atomic E-state index is -3.14. The molecule has 1 saturated carbocycles. The molecule has 0 amide bonds. The summed E-state index contributed by atoms with van der Waals surface area (Å²) in [6.07, 6.45) is 4.20. The van der Waals surface area contributed by atoms with E-state index < -0.39 is 10.0 Å². The Labute approximate surface area is 118 Å². The molecule has 0 heterocycles. The molecule has 6 heteroatoms. The minimum absolute atomic E-state index is 0.166. The second-order valence-corrected chi connectivity index (χ2v) is 8.21. The molecule has 0 radical (unpaired) electrons. The third kappa shape index (κ3) is 7.25. The van der Waals surface area contributed by atoms with Gasteiger partial charge in [-0.25, -0.2) is 13.1 Å². The topological polar surface area (TPSA) is 61.4 Å². The average molecular weight is 291 g/mol. The zero-order valence-corrected chi connectivity index (χ0v) is 13.5. The Morgan fingerprint density at radius 1 is 1.21 bits per heavy atom. The van der Waals surface area contributed by atoms with Crippen molar-refractivity contribution in [3.63, 3.8) is 0 Å². The summed E-state index contributed by atoms with van der Waals surface area (Å²) in [5, 5.41) is 3.39. The van der Waals surface area contributed by atoms with E-state index in [9.17, 15) is 8.42 Å². The van der Waals surface area contributed by atoms with Crippen LogP contribution in [0.4, 0.5) is 0 Å². The Morgan fingerprint density at radius 2 is 1.84 bits per heavy atom. The van der Waals surface area contributed by atoms with Crippen LogP contribution in [0, 0.1) is 0 Å². The van der Waals surface area contributed by atoms with Gasteiger partial charge in [-0.1, -0.05) is 0 Å². The van der Waals surface area contributed by atoms with Gasteiger partial charge >= 0.3 is 0 Å². The first-order chi connectivity index (χ1) is 8.73. The van der Waals surface area contributed by atoms with Gasteiger partial charge in [0, 0.05) is 18.1 Å². The van der Waals surface area contributed by atoms with Crippen LogP contribution in [-0.2, 0) is 10.0 Å². The quantitative estimate of drug-likeness (QED) is 0.584. The standard InChI is InChI=1S/C13H29N3O2S/c1-13(2,16(3)4)11-15-19(17,18)10-6-5-9-14-12-7-8-12/h12,14-15H,5-11H2,1-4H3. The van der Waals surface area contributed by atoms with Gasteiger partial charge in [-0.2, -0.15) is 0 Å². The average Bonchev–Trinajstić information content (AvgIpc) is 3.10. The molecule has 0 spiro atoms. The second-order valence-electron chi connectivity index (χ2n) is 6.28. The number of unbranched alkanes of at least 4 members (excludes halogenated alkanes) is 1. The van der Waals surface area contributed by atoms with E-state index >= 15 is 0 Å². The van der Waals surface area contributed by atoms with Crippen molar-refractivity contribution in [2.45, 2.75) is 51.1 Å². The van der Waals surface area contributed by atoms with Gasteiger partial charge < -0.3 is 10.2 Å². The summed E-state index contributed by atoms with van der Waals surface area (Å²) < 4.78 is 26.4. The number of nitrogens with one attached hydrogen (secondary N) is 2. The highest BCUT2D eigenvalue weighted by molar-refractivity contribution is 7.89. The molecule has 19 heavy (non-hydrogen) atoms. The van der Waals surface area contributed by atoms with Crippen LogP contribution < -0.4 is 10.0 Å². The molecule has 0 aromatic heterocycles. The third-order valence-corrected chi connectivity index (χ3v) is 5.20. The number of hydrogen-bond donors (Lipinski definition) is 2. The molecule has 0 saturated heterocycles. The van der Waals surface area contributed by atoms with E-state index in [1.165, 1.54) is 12.8 Å². The maximum Gasteiger partial charge on any atom is 0.211 e. The van der Waals surface area contributed by atoms with E-state index in [1.807, 2.05) is 32.8 Å². The molecule has 0 aliphatic heterocycles. The molecule has 1 aliphatic rings. The Bertz CT molecular complexity index is 362. The Balaban J connectivity index is 2.15. The van der Waals surface area contributed by atoms with Crippen LogP contribution in [0.15, 0.2) is 0 Å². The van der Waals surface area contributed by atoms with Gasteiger partial charge in [-0.05, 0) is 60.2 Å². The first kappa shape index (κ1) is 16.9. The smallest absolute Gasteiger partial charge is 0.211 e. The lowest BCUT2D eigenvalue weighted by molar-refractivity contribution is 0.199. The van der Waals surface area contributed by atoms with Crippen molar-refractivity contribution in [2.24, 2.45) is 0 Å². The van der Waals surface area contributed by atoms with Gasteiger partial charge in [0.1, 0.15) is 0 Å². The normalized spacial score (nSPS) is 17.1. The summed E-state index contributed by atoms with van der Waals surface area (Å²) in [5.41, 5.74) is -0.166. The van der Waals surface area contributed by atoms with Crippen molar-refractivity contribution in [3.8, 4) is 0 Å². The van der Waals surface area contributed by atoms with E-state index in [0.717, 1.165) is 19.4 Å². The van der Waals surface area contributed by atoms with Crippen molar-refractivity contribution in [1.29, 1.82) is 0 Å². The first-order valence-electron chi connectivity index (χ1n) is 7.11. The fourth-order valence-corrected chi connectivity index (χ4v) is 2.83.